The molecule has 0 N–H and O–H groups in total. The molecule has 0 aliphatic heterocycles. The number of hydrogen-bond donors (Lipinski definition) is 0. The molecule has 2 aromatic heterocycles. The van der Waals surface area contributed by atoms with Crippen LogP contribution in [-0.2, 0) is 6.42 Å². The van der Waals surface area contributed by atoms with Crippen LogP contribution in [-0.4, -0.2) is 8.97 Å². The Hall–Kier alpha value is -1.81. The topological polar surface area (TPSA) is 26.4 Å². The van der Waals surface area contributed by atoms with E-state index in [4.69, 9.17) is 0 Å². The minimum Gasteiger partial charge on any atom is -0.316 e. The molecule has 0 aliphatic rings. The van der Waals surface area contributed by atoms with Gasteiger partial charge in [-0.05, 0) is 47.0 Å². The van der Waals surface area contributed by atoms with Crippen molar-refractivity contribution in [3.05, 3.63) is 68.8 Å². The van der Waals surface area contributed by atoms with E-state index >= 15 is 0 Å². The quantitative estimate of drug-likeness (QED) is 0.703. The molecular formula is C16H15BrN2O. The Balaban J connectivity index is 2.45. The minimum absolute atomic E-state index is 0.00975. The van der Waals surface area contributed by atoms with Crippen molar-refractivity contribution in [2.45, 2.75) is 20.3 Å². The van der Waals surface area contributed by atoms with Crippen molar-refractivity contribution in [1.29, 1.82) is 0 Å². The fourth-order valence-corrected chi connectivity index (χ4v) is 2.98. The zero-order valence-corrected chi connectivity index (χ0v) is 13.0. The summed E-state index contributed by atoms with van der Waals surface area (Å²) in [5, 5.41) is 0. The average Bonchev–Trinajstić information content (AvgIpc) is 2.75. The number of aryl methyl sites for hydroxylation is 2. The van der Waals surface area contributed by atoms with Gasteiger partial charge in [0.2, 0.25) is 0 Å². The lowest BCUT2D eigenvalue weighted by Gasteiger charge is -2.12. The molecule has 0 fully saturated rings. The van der Waals surface area contributed by atoms with Gasteiger partial charge in [-0.15, -0.1) is 0 Å². The highest BCUT2D eigenvalue weighted by Crippen LogP contribution is 2.23. The first-order chi connectivity index (χ1) is 9.63. The van der Waals surface area contributed by atoms with E-state index in [-0.39, 0.29) is 5.56 Å². The Bertz CT molecular complexity index is 831. The van der Waals surface area contributed by atoms with E-state index < -0.39 is 0 Å². The number of nitrogens with zero attached hydrogens (tertiary/aromatic N) is 2. The van der Waals surface area contributed by atoms with E-state index in [0.29, 0.717) is 5.52 Å². The zero-order chi connectivity index (χ0) is 14.3. The Kier molecular flexibility index (Phi) is 3.26. The number of benzene rings is 1. The van der Waals surface area contributed by atoms with Gasteiger partial charge in [-0.3, -0.25) is 9.36 Å². The molecule has 3 nitrogen and oxygen atoms in total. The highest BCUT2D eigenvalue weighted by Gasteiger charge is 2.14. The molecule has 0 amide bonds. The second kappa shape index (κ2) is 4.94. The van der Waals surface area contributed by atoms with Crippen molar-refractivity contribution in [3.8, 4) is 5.69 Å². The highest BCUT2D eigenvalue weighted by atomic mass is 79.9. The van der Waals surface area contributed by atoms with Gasteiger partial charge in [-0.25, -0.2) is 0 Å². The van der Waals surface area contributed by atoms with E-state index in [1.54, 1.807) is 4.57 Å². The second-order valence-electron chi connectivity index (χ2n) is 4.83. The summed E-state index contributed by atoms with van der Waals surface area (Å²) in [5.41, 5.74) is 3.66. The molecule has 2 heterocycles. The van der Waals surface area contributed by atoms with Crippen LogP contribution < -0.4 is 5.56 Å². The Morgan fingerprint density at radius 1 is 1.15 bits per heavy atom. The van der Waals surface area contributed by atoms with Crippen molar-refractivity contribution >= 4 is 21.4 Å². The third-order valence-electron chi connectivity index (χ3n) is 3.50. The molecule has 3 rings (SSSR count). The van der Waals surface area contributed by atoms with Gasteiger partial charge in [0.25, 0.3) is 5.56 Å². The van der Waals surface area contributed by atoms with Gasteiger partial charge in [0.15, 0.2) is 0 Å². The smallest absolute Gasteiger partial charge is 0.280 e. The summed E-state index contributed by atoms with van der Waals surface area (Å²) < 4.78 is 4.58. The summed E-state index contributed by atoms with van der Waals surface area (Å²) in [4.78, 5) is 12.9. The third kappa shape index (κ3) is 1.91. The van der Waals surface area contributed by atoms with Crippen LogP contribution in [0.15, 0.2) is 52.0 Å². The molecule has 0 saturated carbocycles. The monoisotopic (exact) mass is 330 g/mol. The van der Waals surface area contributed by atoms with Crippen LogP contribution in [0.1, 0.15) is 18.2 Å². The molecule has 0 saturated heterocycles. The van der Waals surface area contributed by atoms with E-state index in [2.05, 4.69) is 22.9 Å². The maximum absolute atomic E-state index is 12.9. The van der Waals surface area contributed by atoms with Crippen molar-refractivity contribution in [1.82, 2.24) is 8.97 Å². The lowest BCUT2D eigenvalue weighted by atomic mass is 10.2. The summed E-state index contributed by atoms with van der Waals surface area (Å²) >= 11 is 3.52. The Morgan fingerprint density at radius 3 is 2.50 bits per heavy atom. The maximum Gasteiger partial charge on any atom is 0.280 e. The van der Waals surface area contributed by atoms with Crippen molar-refractivity contribution in [3.63, 3.8) is 0 Å². The molecule has 0 bridgehead atoms. The first-order valence-electron chi connectivity index (χ1n) is 6.60. The molecule has 3 aromatic rings. The number of aromatic nitrogens is 2. The van der Waals surface area contributed by atoms with Gasteiger partial charge in [0, 0.05) is 23.8 Å². The largest absolute Gasteiger partial charge is 0.316 e. The summed E-state index contributed by atoms with van der Waals surface area (Å²) in [7, 11) is 0. The van der Waals surface area contributed by atoms with Crippen molar-refractivity contribution in [2.75, 3.05) is 0 Å². The SMILES string of the molecule is CCc1cn2cc(C)c(Br)c2c(=O)n1-c1ccccc1. The number of hydrogen-bond acceptors (Lipinski definition) is 1. The lowest BCUT2D eigenvalue weighted by Crippen LogP contribution is -2.23. The molecule has 20 heavy (non-hydrogen) atoms. The van der Waals surface area contributed by atoms with E-state index in [1.807, 2.05) is 54.0 Å². The lowest BCUT2D eigenvalue weighted by molar-refractivity contribution is 0.852. The average molecular weight is 331 g/mol. The molecule has 0 aliphatic carbocycles. The van der Waals surface area contributed by atoms with E-state index in [1.165, 1.54) is 0 Å². The number of halogens is 1. The van der Waals surface area contributed by atoms with Crippen molar-refractivity contribution in [2.24, 2.45) is 0 Å². The number of para-hydroxylation sites is 1. The molecule has 0 unspecified atom stereocenters. The maximum atomic E-state index is 12.9. The van der Waals surface area contributed by atoms with Crippen LogP contribution in [0.25, 0.3) is 11.2 Å². The van der Waals surface area contributed by atoms with Crippen LogP contribution in [0.4, 0.5) is 0 Å². The Morgan fingerprint density at radius 2 is 1.85 bits per heavy atom. The van der Waals surface area contributed by atoms with Crippen LogP contribution >= 0.6 is 15.9 Å². The number of rotatable bonds is 2. The third-order valence-corrected chi connectivity index (χ3v) is 4.50. The van der Waals surface area contributed by atoms with Gasteiger partial charge in [-0.1, -0.05) is 25.1 Å². The fourth-order valence-electron chi connectivity index (χ4n) is 2.50. The first kappa shape index (κ1) is 13.2. The van der Waals surface area contributed by atoms with Gasteiger partial charge in [-0.2, -0.15) is 0 Å². The molecule has 1 aromatic carbocycles. The van der Waals surface area contributed by atoms with Crippen LogP contribution in [0.5, 0.6) is 0 Å². The fraction of sp³-hybridized carbons (Fsp3) is 0.188. The minimum atomic E-state index is 0.00975. The van der Waals surface area contributed by atoms with Crippen LogP contribution in [0.3, 0.4) is 0 Å². The van der Waals surface area contributed by atoms with Gasteiger partial charge in [0.05, 0.1) is 4.47 Å². The van der Waals surface area contributed by atoms with Gasteiger partial charge >= 0.3 is 0 Å². The first-order valence-corrected chi connectivity index (χ1v) is 7.40. The van der Waals surface area contributed by atoms with Gasteiger partial charge < -0.3 is 4.40 Å². The predicted molar refractivity (Wildman–Crippen MR) is 84.8 cm³/mol. The van der Waals surface area contributed by atoms with E-state index in [0.717, 1.165) is 27.8 Å². The zero-order valence-electron chi connectivity index (χ0n) is 11.4. The summed E-state index contributed by atoms with van der Waals surface area (Å²) in [6.45, 7) is 4.06. The predicted octanol–water partition coefficient (Wildman–Crippen LogP) is 3.72. The molecular weight excluding hydrogens is 316 g/mol. The van der Waals surface area contributed by atoms with Crippen molar-refractivity contribution < 1.29 is 0 Å². The van der Waals surface area contributed by atoms with Gasteiger partial charge in [0.1, 0.15) is 5.52 Å². The molecule has 0 radical (unpaired) electrons. The molecule has 0 spiro atoms. The molecule has 0 atom stereocenters. The summed E-state index contributed by atoms with van der Waals surface area (Å²) in [6, 6.07) is 9.77. The summed E-state index contributed by atoms with van der Waals surface area (Å²) in [5.74, 6) is 0. The van der Waals surface area contributed by atoms with Crippen LogP contribution in [0.2, 0.25) is 0 Å². The molecule has 4 heteroatoms. The van der Waals surface area contributed by atoms with E-state index in [9.17, 15) is 4.79 Å². The summed E-state index contributed by atoms with van der Waals surface area (Å²) in [6.07, 6.45) is 4.81. The second-order valence-corrected chi connectivity index (χ2v) is 5.63. The number of fused-ring (bicyclic) bond motifs is 1. The van der Waals surface area contributed by atoms with Crippen LogP contribution in [0, 0.1) is 6.92 Å². The standard InChI is InChI=1S/C16H15BrN2O/c1-3-12-10-18-9-11(2)14(17)15(18)16(20)19(12)13-7-5-4-6-8-13/h4-10H,3H2,1-2H3. The molecule has 102 valence electrons. The normalized spacial score (nSPS) is 11.2. The Labute approximate surface area is 125 Å². The highest BCUT2D eigenvalue weighted by molar-refractivity contribution is 9.10.